The highest BCUT2D eigenvalue weighted by Gasteiger charge is 2.31. The lowest BCUT2D eigenvalue weighted by atomic mass is 10.0. The number of hydrogen-bond donors (Lipinski definition) is 1. The number of amides is 1. The summed E-state index contributed by atoms with van der Waals surface area (Å²) in [7, 11) is -2.81. The number of rotatable bonds is 5. The Morgan fingerprint density at radius 3 is 2.60 bits per heavy atom. The van der Waals surface area contributed by atoms with Crippen LogP contribution in [0.25, 0.3) is 0 Å². The molecule has 2 aliphatic heterocycles. The average Bonchev–Trinajstić information content (AvgIpc) is 3.05. The van der Waals surface area contributed by atoms with Crippen molar-refractivity contribution >= 4 is 15.7 Å². The van der Waals surface area contributed by atoms with Crippen molar-refractivity contribution in [1.82, 2.24) is 15.4 Å². The van der Waals surface area contributed by atoms with Crippen LogP contribution in [0.1, 0.15) is 55.3 Å². The molecule has 0 saturated carbocycles. The van der Waals surface area contributed by atoms with E-state index < -0.39 is 9.84 Å². The van der Waals surface area contributed by atoms with Crippen LogP contribution in [0.15, 0.2) is 10.6 Å². The van der Waals surface area contributed by atoms with Gasteiger partial charge in [-0.25, -0.2) is 8.42 Å². The molecule has 140 valence electrons. The smallest absolute Gasteiger partial charge is 0.273 e. The molecular formula is C17H27N3O4S. The first-order chi connectivity index (χ1) is 12.0. The molecule has 25 heavy (non-hydrogen) atoms. The van der Waals surface area contributed by atoms with E-state index in [4.69, 9.17) is 4.52 Å². The number of carbonyl (C=O) groups is 1. The van der Waals surface area contributed by atoms with E-state index in [2.05, 4.69) is 22.3 Å². The summed E-state index contributed by atoms with van der Waals surface area (Å²) in [4.78, 5) is 14.7. The molecule has 2 fully saturated rings. The molecule has 0 spiro atoms. The predicted octanol–water partition coefficient (Wildman–Crippen LogP) is 1.40. The summed E-state index contributed by atoms with van der Waals surface area (Å²) in [5, 5.41) is 6.89. The Labute approximate surface area is 149 Å². The number of piperidine rings is 1. The Balaban J connectivity index is 1.45. The van der Waals surface area contributed by atoms with Gasteiger partial charge in [0, 0.05) is 37.7 Å². The zero-order valence-corrected chi connectivity index (χ0v) is 15.6. The van der Waals surface area contributed by atoms with Crippen molar-refractivity contribution in [2.75, 3.05) is 24.6 Å². The highest BCUT2D eigenvalue weighted by atomic mass is 32.2. The zero-order chi connectivity index (χ0) is 17.9. The van der Waals surface area contributed by atoms with E-state index in [-0.39, 0.29) is 11.9 Å². The second-order valence-corrected chi connectivity index (χ2v) is 9.40. The summed E-state index contributed by atoms with van der Waals surface area (Å²) >= 11 is 0. The molecule has 3 rings (SSSR count). The molecule has 1 aromatic heterocycles. The van der Waals surface area contributed by atoms with Gasteiger partial charge in [0.15, 0.2) is 5.69 Å². The van der Waals surface area contributed by atoms with E-state index >= 15 is 0 Å². The van der Waals surface area contributed by atoms with Crippen molar-refractivity contribution in [2.24, 2.45) is 0 Å². The molecule has 1 amide bonds. The third-order valence-electron chi connectivity index (χ3n) is 5.19. The first-order valence-electron chi connectivity index (χ1n) is 9.18. The maximum Gasteiger partial charge on any atom is 0.273 e. The van der Waals surface area contributed by atoms with Crippen LogP contribution < -0.4 is 5.32 Å². The monoisotopic (exact) mass is 369 g/mol. The molecule has 8 heteroatoms. The molecular weight excluding hydrogens is 342 g/mol. The van der Waals surface area contributed by atoms with E-state index in [0.29, 0.717) is 23.2 Å². The standard InChI is InChI=1S/C17H27N3O4S/c1-2-3-15-12-16(19-24-15)17(21)18-13-4-8-20(9-5-13)14-6-10-25(22,23)11-7-14/h12-14H,2-11H2,1H3,(H,18,21). The second-order valence-electron chi connectivity index (χ2n) is 7.10. The van der Waals surface area contributed by atoms with Crippen LogP contribution >= 0.6 is 0 Å². The normalized spacial score (nSPS) is 22.8. The Hall–Kier alpha value is -1.41. The fourth-order valence-corrected chi connectivity index (χ4v) is 5.16. The van der Waals surface area contributed by atoms with E-state index in [1.54, 1.807) is 6.07 Å². The number of sulfone groups is 1. The number of aryl methyl sites for hydroxylation is 1. The molecule has 2 saturated heterocycles. The van der Waals surface area contributed by atoms with Crippen LogP contribution in [0, 0.1) is 0 Å². The number of aromatic nitrogens is 1. The van der Waals surface area contributed by atoms with Gasteiger partial charge in [0.2, 0.25) is 0 Å². The summed E-state index contributed by atoms with van der Waals surface area (Å²) in [6.07, 6.45) is 4.98. The van der Waals surface area contributed by atoms with Gasteiger partial charge in [0.1, 0.15) is 15.6 Å². The van der Waals surface area contributed by atoms with E-state index in [1.807, 2.05) is 0 Å². The van der Waals surface area contributed by atoms with E-state index in [1.165, 1.54) is 0 Å². The summed E-state index contributed by atoms with van der Waals surface area (Å²) in [6, 6.07) is 2.23. The Kier molecular flexibility index (Phi) is 5.78. The van der Waals surface area contributed by atoms with Crippen LogP contribution in [0.2, 0.25) is 0 Å². The molecule has 7 nitrogen and oxygen atoms in total. The van der Waals surface area contributed by atoms with Gasteiger partial charge in [0.05, 0.1) is 11.5 Å². The van der Waals surface area contributed by atoms with Crippen LogP contribution in [0.5, 0.6) is 0 Å². The molecule has 1 N–H and O–H groups in total. The molecule has 0 aromatic carbocycles. The summed E-state index contributed by atoms with van der Waals surface area (Å²) in [5.74, 6) is 1.18. The number of carbonyl (C=O) groups excluding carboxylic acids is 1. The molecule has 3 heterocycles. The fourth-order valence-electron chi connectivity index (χ4n) is 3.70. The van der Waals surface area contributed by atoms with Crippen LogP contribution in [0.4, 0.5) is 0 Å². The molecule has 0 aliphatic carbocycles. The quantitative estimate of drug-likeness (QED) is 0.843. The minimum Gasteiger partial charge on any atom is -0.361 e. The third-order valence-corrected chi connectivity index (χ3v) is 6.91. The first kappa shape index (κ1) is 18.4. The largest absolute Gasteiger partial charge is 0.361 e. The Bertz CT molecular complexity index is 679. The van der Waals surface area contributed by atoms with Gasteiger partial charge in [-0.2, -0.15) is 0 Å². The predicted molar refractivity (Wildman–Crippen MR) is 94.2 cm³/mol. The van der Waals surface area contributed by atoms with Crippen molar-refractivity contribution < 1.29 is 17.7 Å². The van der Waals surface area contributed by atoms with Gasteiger partial charge in [0.25, 0.3) is 5.91 Å². The molecule has 0 bridgehead atoms. The van der Waals surface area contributed by atoms with Crippen molar-refractivity contribution in [3.63, 3.8) is 0 Å². The minimum atomic E-state index is -2.81. The molecule has 0 atom stereocenters. The second kappa shape index (κ2) is 7.86. The van der Waals surface area contributed by atoms with Crippen molar-refractivity contribution in [2.45, 2.75) is 57.5 Å². The number of nitrogens with one attached hydrogen (secondary N) is 1. The lowest BCUT2D eigenvalue weighted by molar-refractivity contribution is 0.0876. The van der Waals surface area contributed by atoms with Crippen LogP contribution in [-0.2, 0) is 16.3 Å². The topological polar surface area (TPSA) is 92.5 Å². The van der Waals surface area contributed by atoms with Crippen LogP contribution in [-0.4, -0.2) is 61.1 Å². The first-order valence-corrected chi connectivity index (χ1v) is 11.0. The van der Waals surface area contributed by atoms with Crippen LogP contribution in [0.3, 0.4) is 0 Å². The van der Waals surface area contributed by atoms with Crippen molar-refractivity contribution in [1.29, 1.82) is 0 Å². The van der Waals surface area contributed by atoms with E-state index in [0.717, 1.165) is 57.4 Å². The lowest BCUT2D eigenvalue weighted by Gasteiger charge is -2.39. The zero-order valence-electron chi connectivity index (χ0n) is 14.7. The molecule has 1 aromatic rings. The Morgan fingerprint density at radius 2 is 1.96 bits per heavy atom. The summed E-state index contributed by atoms with van der Waals surface area (Å²) < 4.78 is 28.3. The van der Waals surface area contributed by atoms with Gasteiger partial charge in [-0.05, 0) is 32.1 Å². The molecule has 0 unspecified atom stereocenters. The van der Waals surface area contributed by atoms with Gasteiger partial charge < -0.3 is 14.7 Å². The SMILES string of the molecule is CCCc1cc(C(=O)NC2CCN(C3CCS(=O)(=O)CC3)CC2)no1. The molecule has 2 aliphatic rings. The highest BCUT2D eigenvalue weighted by Crippen LogP contribution is 2.22. The third kappa shape index (κ3) is 4.82. The summed E-state index contributed by atoms with van der Waals surface area (Å²) in [6.45, 7) is 3.85. The number of nitrogens with zero attached hydrogens (tertiary/aromatic N) is 2. The van der Waals surface area contributed by atoms with Gasteiger partial charge >= 0.3 is 0 Å². The fraction of sp³-hybridized carbons (Fsp3) is 0.765. The van der Waals surface area contributed by atoms with Gasteiger partial charge in [-0.1, -0.05) is 12.1 Å². The number of likely N-dealkylation sites (tertiary alicyclic amines) is 1. The average molecular weight is 369 g/mol. The van der Waals surface area contributed by atoms with Crippen molar-refractivity contribution in [3.8, 4) is 0 Å². The van der Waals surface area contributed by atoms with Crippen molar-refractivity contribution in [3.05, 3.63) is 17.5 Å². The maximum absolute atomic E-state index is 12.3. The maximum atomic E-state index is 12.3. The lowest BCUT2D eigenvalue weighted by Crippen LogP contribution is -2.49. The van der Waals surface area contributed by atoms with E-state index in [9.17, 15) is 13.2 Å². The van der Waals surface area contributed by atoms with Gasteiger partial charge in [-0.3, -0.25) is 4.79 Å². The molecule has 0 radical (unpaired) electrons. The minimum absolute atomic E-state index is 0.141. The summed E-state index contributed by atoms with van der Waals surface area (Å²) in [5.41, 5.74) is 0.350. The highest BCUT2D eigenvalue weighted by molar-refractivity contribution is 7.91. The number of hydrogen-bond acceptors (Lipinski definition) is 6. The Morgan fingerprint density at radius 1 is 1.28 bits per heavy atom. The van der Waals surface area contributed by atoms with Gasteiger partial charge in [-0.15, -0.1) is 0 Å².